The van der Waals surface area contributed by atoms with Gasteiger partial charge in [0.15, 0.2) is 0 Å². The molecule has 1 fully saturated rings. The molecule has 1 aromatic carbocycles. The summed E-state index contributed by atoms with van der Waals surface area (Å²) in [4.78, 5) is 30.7. The summed E-state index contributed by atoms with van der Waals surface area (Å²) in [5, 5.41) is 2.89. The Morgan fingerprint density at radius 2 is 1.92 bits per heavy atom. The van der Waals surface area contributed by atoms with Crippen molar-refractivity contribution < 1.29 is 9.59 Å². The number of urea groups is 1. The van der Waals surface area contributed by atoms with Gasteiger partial charge in [-0.15, -0.1) is 0 Å². The van der Waals surface area contributed by atoms with E-state index >= 15 is 0 Å². The van der Waals surface area contributed by atoms with E-state index in [4.69, 9.17) is 0 Å². The Kier molecular flexibility index (Phi) is 6.28. The molecule has 0 saturated carbocycles. The molecule has 1 saturated heterocycles. The van der Waals surface area contributed by atoms with Gasteiger partial charge in [0.25, 0.3) is 0 Å². The fourth-order valence-corrected chi connectivity index (χ4v) is 3.27. The van der Waals surface area contributed by atoms with E-state index in [1.54, 1.807) is 9.80 Å². The molecule has 0 spiro atoms. The summed E-state index contributed by atoms with van der Waals surface area (Å²) in [6, 6.07) is 7.62. The van der Waals surface area contributed by atoms with E-state index in [1.165, 1.54) is 0 Å². The molecule has 1 aliphatic rings. The Morgan fingerprint density at radius 1 is 1.24 bits per heavy atom. The number of para-hydroxylation sites is 1. The van der Waals surface area contributed by atoms with E-state index in [0.29, 0.717) is 13.1 Å². The number of rotatable bonds is 5. The lowest BCUT2D eigenvalue weighted by Crippen LogP contribution is -2.51. The third-order valence-corrected chi connectivity index (χ3v) is 4.47. The van der Waals surface area contributed by atoms with Crippen LogP contribution >= 0.6 is 0 Å². The van der Waals surface area contributed by atoms with Gasteiger partial charge in [-0.3, -0.25) is 4.79 Å². The van der Waals surface area contributed by atoms with Crippen LogP contribution in [0.3, 0.4) is 0 Å². The Morgan fingerprint density at radius 3 is 2.56 bits per heavy atom. The fourth-order valence-electron chi connectivity index (χ4n) is 3.27. The quantitative estimate of drug-likeness (QED) is 0.890. The zero-order valence-corrected chi connectivity index (χ0v) is 16.0. The molecule has 0 aliphatic carbocycles. The number of carbonyl (C=O) groups is 2. The van der Waals surface area contributed by atoms with Crippen molar-refractivity contribution in [2.75, 3.05) is 32.6 Å². The van der Waals surface area contributed by atoms with Crippen LogP contribution in [0.1, 0.15) is 32.3 Å². The molecule has 0 bridgehead atoms. The summed E-state index contributed by atoms with van der Waals surface area (Å²) in [6.45, 7) is 5.02. The first-order valence-electron chi connectivity index (χ1n) is 8.88. The van der Waals surface area contributed by atoms with Crippen LogP contribution in [0.4, 0.5) is 10.5 Å². The minimum Gasteiger partial charge on any atom is -0.377 e. The Balaban J connectivity index is 2.08. The summed E-state index contributed by atoms with van der Waals surface area (Å²) in [6.07, 6.45) is 1.59. The van der Waals surface area contributed by atoms with Crippen molar-refractivity contribution in [3.63, 3.8) is 0 Å². The predicted molar refractivity (Wildman–Crippen MR) is 101 cm³/mol. The molecule has 6 heteroatoms. The first-order valence-corrected chi connectivity index (χ1v) is 8.88. The van der Waals surface area contributed by atoms with Crippen molar-refractivity contribution in [2.45, 2.75) is 45.3 Å². The van der Waals surface area contributed by atoms with Gasteiger partial charge in [-0.25, -0.2) is 4.79 Å². The lowest BCUT2D eigenvalue weighted by Gasteiger charge is -2.29. The first-order chi connectivity index (χ1) is 11.8. The third-order valence-electron chi connectivity index (χ3n) is 4.47. The van der Waals surface area contributed by atoms with Crippen molar-refractivity contribution in [1.82, 2.24) is 15.1 Å². The second-order valence-electron chi connectivity index (χ2n) is 7.17. The van der Waals surface area contributed by atoms with E-state index in [9.17, 15) is 9.59 Å². The highest BCUT2D eigenvalue weighted by Crippen LogP contribution is 2.23. The van der Waals surface area contributed by atoms with Crippen molar-refractivity contribution in [3.8, 4) is 0 Å². The van der Waals surface area contributed by atoms with Crippen molar-refractivity contribution in [3.05, 3.63) is 29.8 Å². The van der Waals surface area contributed by atoms with Crippen LogP contribution in [-0.4, -0.2) is 61.5 Å². The summed E-state index contributed by atoms with van der Waals surface area (Å²) in [5.74, 6) is 0.00460. The largest absolute Gasteiger partial charge is 0.377 e. The Labute approximate surface area is 150 Å². The lowest BCUT2D eigenvalue weighted by atomic mass is 10.1. The second kappa shape index (κ2) is 8.23. The van der Waals surface area contributed by atoms with Crippen molar-refractivity contribution >= 4 is 17.6 Å². The SMILES string of the molecule is CC(C)NC(=O)N1CCC[C@H]1C(=O)N(C)Cc1ccccc1N(C)C. The Hall–Kier alpha value is -2.24. The van der Waals surface area contributed by atoms with E-state index in [2.05, 4.69) is 5.32 Å². The number of likely N-dealkylation sites (N-methyl/N-ethyl adjacent to an activating group) is 1. The monoisotopic (exact) mass is 346 g/mol. The van der Waals surface area contributed by atoms with Gasteiger partial charge in [0.2, 0.25) is 5.91 Å². The molecule has 1 N–H and O–H groups in total. The number of nitrogens with one attached hydrogen (secondary N) is 1. The van der Waals surface area contributed by atoms with E-state index in [0.717, 1.165) is 24.1 Å². The summed E-state index contributed by atoms with van der Waals surface area (Å²) >= 11 is 0. The Bertz CT molecular complexity index is 615. The van der Waals surface area contributed by atoms with Crippen LogP contribution in [0, 0.1) is 0 Å². The van der Waals surface area contributed by atoms with Gasteiger partial charge in [-0.2, -0.15) is 0 Å². The predicted octanol–water partition coefficient (Wildman–Crippen LogP) is 2.29. The maximum Gasteiger partial charge on any atom is 0.318 e. The van der Waals surface area contributed by atoms with Gasteiger partial charge in [0.05, 0.1) is 0 Å². The molecule has 2 rings (SSSR count). The standard InChI is InChI=1S/C19H30N4O2/c1-14(2)20-19(25)23-12-8-11-17(23)18(24)22(5)13-15-9-6-7-10-16(15)21(3)4/h6-7,9-10,14,17H,8,11-13H2,1-5H3,(H,20,25)/t17-/m0/s1. The van der Waals surface area contributed by atoms with Gasteiger partial charge in [0, 0.05) is 46.0 Å². The number of anilines is 1. The van der Waals surface area contributed by atoms with Gasteiger partial charge >= 0.3 is 6.03 Å². The average Bonchev–Trinajstić information content (AvgIpc) is 3.03. The van der Waals surface area contributed by atoms with Crippen LogP contribution in [-0.2, 0) is 11.3 Å². The molecule has 25 heavy (non-hydrogen) atoms. The maximum atomic E-state index is 12.9. The maximum absolute atomic E-state index is 12.9. The molecular formula is C19H30N4O2. The molecule has 138 valence electrons. The molecule has 1 atom stereocenters. The number of carbonyl (C=O) groups excluding carboxylic acids is 2. The smallest absolute Gasteiger partial charge is 0.318 e. The number of hydrogen-bond acceptors (Lipinski definition) is 3. The third kappa shape index (κ3) is 4.65. The molecule has 1 heterocycles. The minimum absolute atomic E-state index is 0.00460. The van der Waals surface area contributed by atoms with Crippen molar-refractivity contribution in [1.29, 1.82) is 0 Å². The summed E-state index contributed by atoms with van der Waals surface area (Å²) in [7, 11) is 5.80. The minimum atomic E-state index is -0.365. The van der Waals surface area contributed by atoms with Crippen LogP contribution in [0.5, 0.6) is 0 Å². The van der Waals surface area contributed by atoms with Gasteiger partial charge in [0.1, 0.15) is 6.04 Å². The summed E-state index contributed by atoms with van der Waals surface area (Å²) < 4.78 is 0. The number of nitrogens with zero attached hydrogens (tertiary/aromatic N) is 3. The fraction of sp³-hybridized carbons (Fsp3) is 0.579. The number of amides is 3. The zero-order chi connectivity index (χ0) is 18.6. The van der Waals surface area contributed by atoms with E-state index in [1.807, 2.05) is 64.2 Å². The number of likely N-dealkylation sites (tertiary alicyclic amines) is 1. The van der Waals surface area contributed by atoms with Gasteiger partial charge < -0.3 is 20.0 Å². The zero-order valence-electron chi connectivity index (χ0n) is 16.0. The molecule has 1 aliphatic heterocycles. The lowest BCUT2D eigenvalue weighted by molar-refractivity contribution is -0.134. The highest BCUT2D eigenvalue weighted by molar-refractivity contribution is 5.87. The molecule has 1 aromatic rings. The topological polar surface area (TPSA) is 55.9 Å². The molecular weight excluding hydrogens is 316 g/mol. The number of benzene rings is 1. The molecule has 0 unspecified atom stereocenters. The molecule has 3 amide bonds. The van der Waals surface area contributed by atoms with E-state index < -0.39 is 0 Å². The highest BCUT2D eigenvalue weighted by Gasteiger charge is 2.35. The van der Waals surface area contributed by atoms with Crippen molar-refractivity contribution in [2.24, 2.45) is 0 Å². The molecule has 0 radical (unpaired) electrons. The normalized spacial score (nSPS) is 16.9. The van der Waals surface area contributed by atoms with Crippen LogP contribution in [0.2, 0.25) is 0 Å². The van der Waals surface area contributed by atoms with Crippen LogP contribution in [0.15, 0.2) is 24.3 Å². The summed E-state index contributed by atoms with van der Waals surface area (Å²) in [5.41, 5.74) is 2.20. The number of hydrogen-bond donors (Lipinski definition) is 1. The molecule has 6 nitrogen and oxygen atoms in total. The highest BCUT2D eigenvalue weighted by atomic mass is 16.2. The second-order valence-corrected chi connectivity index (χ2v) is 7.17. The first kappa shape index (κ1) is 19.1. The van der Waals surface area contributed by atoms with E-state index in [-0.39, 0.29) is 24.0 Å². The van der Waals surface area contributed by atoms with Crippen LogP contribution < -0.4 is 10.2 Å². The van der Waals surface area contributed by atoms with Crippen LogP contribution in [0.25, 0.3) is 0 Å². The average molecular weight is 346 g/mol. The molecule has 0 aromatic heterocycles. The van der Waals surface area contributed by atoms with Gasteiger partial charge in [-0.1, -0.05) is 18.2 Å². The van der Waals surface area contributed by atoms with Gasteiger partial charge in [-0.05, 0) is 38.3 Å².